The monoisotopic (exact) mass is 326 g/mol. The van der Waals surface area contributed by atoms with Crippen molar-refractivity contribution >= 4 is 15.9 Å². The van der Waals surface area contributed by atoms with Gasteiger partial charge in [0.05, 0.1) is 27.1 Å². The molecule has 0 bridgehead atoms. The summed E-state index contributed by atoms with van der Waals surface area (Å²) in [5.74, 6) is 0. The van der Waals surface area contributed by atoms with E-state index < -0.39 is 15.9 Å². The third-order valence-corrected chi connectivity index (χ3v) is 8.24. The molecule has 3 nitrogen and oxygen atoms in total. The maximum Gasteiger partial charge on any atom is 0.0820 e. The van der Waals surface area contributed by atoms with Crippen molar-refractivity contribution in [1.82, 2.24) is 0 Å². The fourth-order valence-corrected chi connectivity index (χ4v) is 6.09. The smallest absolute Gasteiger partial charge is 0.0820 e. The van der Waals surface area contributed by atoms with Crippen LogP contribution in [0, 0.1) is 0 Å². The van der Waals surface area contributed by atoms with E-state index in [1.807, 2.05) is 0 Å². The highest BCUT2D eigenvalue weighted by Gasteiger charge is 2.28. The Morgan fingerprint density at radius 3 is 1.25 bits per heavy atom. The van der Waals surface area contributed by atoms with E-state index in [1.165, 1.54) is 52.7 Å². The lowest BCUT2D eigenvalue weighted by molar-refractivity contribution is -0.199. The Labute approximate surface area is 129 Å². The van der Waals surface area contributed by atoms with E-state index >= 15 is 0 Å². The molecule has 0 aliphatic carbocycles. The molecule has 20 heavy (non-hydrogen) atoms. The van der Waals surface area contributed by atoms with E-state index in [0.717, 1.165) is 0 Å². The van der Waals surface area contributed by atoms with Gasteiger partial charge in [-0.1, -0.05) is 40.0 Å². The lowest BCUT2D eigenvalue weighted by Crippen LogP contribution is -2.07. The van der Waals surface area contributed by atoms with Gasteiger partial charge in [-0.2, -0.15) is 0 Å². The summed E-state index contributed by atoms with van der Waals surface area (Å²) in [6.45, 7) is 9.59. The molecule has 0 rings (SSSR count). The van der Waals surface area contributed by atoms with Gasteiger partial charge in [-0.3, -0.25) is 0 Å². The Bertz CT molecular complexity index is 166. The molecule has 0 aromatic heterocycles. The molecule has 0 amide bonds. The van der Waals surface area contributed by atoms with Crippen LogP contribution in [-0.2, 0) is 9.05 Å². The van der Waals surface area contributed by atoms with Crippen LogP contribution in [0.4, 0.5) is 0 Å². The molecular weight excluding hydrogens is 290 g/mol. The van der Waals surface area contributed by atoms with Crippen molar-refractivity contribution in [2.24, 2.45) is 0 Å². The average molecular weight is 326 g/mol. The molecular formula is C15H36O3P2. The van der Waals surface area contributed by atoms with Crippen LogP contribution in [0.15, 0.2) is 0 Å². The van der Waals surface area contributed by atoms with Gasteiger partial charge in [-0.05, 0) is 19.3 Å². The van der Waals surface area contributed by atoms with Gasteiger partial charge >= 0.3 is 0 Å². The lowest BCUT2D eigenvalue weighted by atomic mass is 10.4. The zero-order valence-electron chi connectivity index (χ0n) is 14.5. The third-order valence-electron chi connectivity index (χ3n) is 3.45. The summed E-state index contributed by atoms with van der Waals surface area (Å²) >= 11 is 0. The first kappa shape index (κ1) is 23.0. The highest BCUT2D eigenvalue weighted by Crippen LogP contribution is 2.57. The Kier molecular flexibility index (Phi) is 18.5. The predicted molar refractivity (Wildman–Crippen MR) is 93.1 cm³/mol. The first-order valence-electron chi connectivity index (χ1n) is 7.88. The molecule has 0 spiro atoms. The van der Waals surface area contributed by atoms with Gasteiger partial charge in [0, 0.05) is 28.1 Å². The van der Waals surface area contributed by atoms with Crippen molar-refractivity contribution in [3.8, 4) is 0 Å². The number of hydrogen-bond donors (Lipinski definition) is 0. The van der Waals surface area contributed by atoms with Crippen molar-refractivity contribution in [3.05, 3.63) is 0 Å². The molecule has 0 atom stereocenters. The Morgan fingerprint density at radius 1 is 0.800 bits per heavy atom. The van der Waals surface area contributed by atoms with Gasteiger partial charge in [0.1, 0.15) is 0 Å². The van der Waals surface area contributed by atoms with Crippen LogP contribution in [0.25, 0.3) is 0 Å². The van der Waals surface area contributed by atoms with Crippen molar-refractivity contribution in [3.63, 3.8) is 0 Å². The van der Waals surface area contributed by atoms with E-state index in [4.69, 9.17) is 0 Å². The Hall–Kier alpha value is 0.740. The molecule has 0 aromatic carbocycles. The molecule has 0 unspecified atom stereocenters. The van der Waals surface area contributed by atoms with Gasteiger partial charge in [0.25, 0.3) is 0 Å². The summed E-state index contributed by atoms with van der Waals surface area (Å²) < 4.78 is 8.37. The first-order chi connectivity index (χ1) is 9.49. The third kappa shape index (κ3) is 15.1. The van der Waals surface area contributed by atoms with E-state index in [0.29, 0.717) is 0 Å². The van der Waals surface area contributed by atoms with Gasteiger partial charge in [-0.15, -0.1) is 0 Å². The fraction of sp³-hybridized carbons (Fsp3) is 1.00. The first-order valence-corrected chi connectivity index (χ1v) is 11.8. The largest absolute Gasteiger partial charge is 0.786 e. The minimum Gasteiger partial charge on any atom is -0.786 e. The van der Waals surface area contributed by atoms with Crippen molar-refractivity contribution in [1.29, 1.82) is 0 Å². The van der Waals surface area contributed by atoms with Crippen LogP contribution in [0.3, 0.4) is 0 Å². The Morgan fingerprint density at radius 2 is 1.10 bits per heavy atom. The van der Waals surface area contributed by atoms with Crippen molar-refractivity contribution < 1.29 is 13.9 Å². The van der Waals surface area contributed by atoms with Crippen molar-refractivity contribution in [2.45, 2.75) is 59.3 Å². The van der Waals surface area contributed by atoms with E-state index in [2.05, 4.69) is 36.5 Å². The van der Waals surface area contributed by atoms with Crippen LogP contribution < -0.4 is 4.89 Å². The molecule has 5 heteroatoms. The normalized spacial score (nSPS) is 11.4. The van der Waals surface area contributed by atoms with Crippen molar-refractivity contribution in [2.75, 3.05) is 39.4 Å². The molecule has 0 saturated heterocycles. The van der Waals surface area contributed by atoms with Crippen LogP contribution >= 0.6 is 15.9 Å². The standard InChI is InChI=1S/C13H30P.C2H6O3P/c1-5-8-11-14(4,12-9-6-2)13-10-7-3;1-4-6(3)5-2/h5-13H2,1-4H3;1-2H3/q+1;-1. The highest BCUT2D eigenvalue weighted by atomic mass is 31.2. The van der Waals surface area contributed by atoms with Gasteiger partial charge in [-0.25, -0.2) is 0 Å². The van der Waals surface area contributed by atoms with Gasteiger partial charge in [0.15, 0.2) is 0 Å². The molecule has 0 aliphatic rings. The maximum absolute atomic E-state index is 9.88. The Balaban J connectivity index is 0. The number of unbranched alkanes of at least 4 members (excludes halogenated alkanes) is 3. The maximum atomic E-state index is 9.88. The minimum atomic E-state index is -1.83. The zero-order chi connectivity index (χ0) is 15.9. The van der Waals surface area contributed by atoms with E-state index in [1.54, 1.807) is 18.5 Å². The van der Waals surface area contributed by atoms with E-state index in [9.17, 15) is 4.89 Å². The van der Waals surface area contributed by atoms with Crippen LogP contribution in [0.2, 0.25) is 0 Å². The molecule has 0 aliphatic heterocycles. The molecule has 0 radical (unpaired) electrons. The molecule has 0 N–H and O–H groups in total. The van der Waals surface area contributed by atoms with Crippen LogP contribution in [-0.4, -0.2) is 39.4 Å². The zero-order valence-corrected chi connectivity index (χ0v) is 16.3. The summed E-state index contributed by atoms with van der Waals surface area (Å²) in [6, 6.07) is 0. The highest BCUT2D eigenvalue weighted by molar-refractivity contribution is 7.75. The molecule has 0 fully saturated rings. The second-order valence-corrected chi connectivity index (χ2v) is 11.2. The lowest BCUT2D eigenvalue weighted by Gasteiger charge is -2.22. The number of rotatable bonds is 11. The minimum absolute atomic E-state index is 0.519. The molecule has 0 heterocycles. The SMILES string of the molecule is CCCC[P+](C)(CCCC)CCCC.COP([O-])OC. The molecule has 0 aromatic rings. The summed E-state index contributed by atoms with van der Waals surface area (Å²) in [6.07, 6.45) is 13.2. The second kappa shape index (κ2) is 16.1. The summed E-state index contributed by atoms with van der Waals surface area (Å²) in [5.41, 5.74) is 0. The van der Waals surface area contributed by atoms with Crippen LogP contribution in [0.1, 0.15) is 59.3 Å². The summed E-state index contributed by atoms with van der Waals surface area (Å²) in [4.78, 5) is 9.88. The van der Waals surface area contributed by atoms with E-state index in [-0.39, 0.29) is 0 Å². The summed E-state index contributed by atoms with van der Waals surface area (Å²) in [7, 11) is 0.298. The molecule has 124 valence electrons. The van der Waals surface area contributed by atoms with Gasteiger partial charge in [0.2, 0.25) is 0 Å². The predicted octanol–water partition coefficient (Wildman–Crippen LogP) is 4.90. The number of hydrogen-bond acceptors (Lipinski definition) is 3. The molecule has 0 saturated carbocycles. The van der Waals surface area contributed by atoms with Gasteiger partial charge < -0.3 is 13.9 Å². The quantitative estimate of drug-likeness (QED) is 0.507. The summed E-state index contributed by atoms with van der Waals surface area (Å²) in [5, 5.41) is 0. The average Bonchev–Trinajstić information content (AvgIpc) is 2.49. The topological polar surface area (TPSA) is 41.5 Å². The van der Waals surface area contributed by atoms with Crippen LogP contribution in [0.5, 0.6) is 0 Å². The second-order valence-electron chi connectivity index (χ2n) is 5.44. The fourth-order valence-electron chi connectivity index (χ4n) is 2.03.